The highest BCUT2D eigenvalue weighted by atomic mass is 127. The van der Waals surface area contributed by atoms with Gasteiger partial charge < -0.3 is 20.7 Å². The van der Waals surface area contributed by atoms with E-state index >= 15 is 0 Å². The minimum atomic E-state index is -0.0699. The maximum Gasteiger partial charge on any atom is 0.251 e. The number of nitrogens with zero attached hydrogens (tertiary/aromatic N) is 1. The smallest absolute Gasteiger partial charge is 0.251 e. The molecule has 2 aromatic carbocycles. The molecule has 0 aliphatic rings. The van der Waals surface area contributed by atoms with Crippen LogP contribution < -0.4 is 20.7 Å². The predicted octanol–water partition coefficient (Wildman–Crippen LogP) is 3.87. The monoisotopic (exact) mass is 522 g/mol. The van der Waals surface area contributed by atoms with Crippen molar-refractivity contribution >= 4 is 35.8 Å². The van der Waals surface area contributed by atoms with E-state index in [1.807, 2.05) is 62.4 Å². The summed E-state index contributed by atoms with van der Waals surface area (Å²) in [5, 5.41) is 9.40. The Morgan fingerprint density at radius 1 is 1.07 bits per heavy atom. The van der Waals surface area contributed by atoms with Gasteiger partial charge in [0.2, 0.25) is 0 Å². The van der Waals surface area contributed by atoms with E-state index in [2.05, 4.69) is 27.5 Å². The number of carbonyl (C=O) groups excluding carboxylic acids is 1. The Hall–Kier alpha value is -2.55. The second-order valence-electron chi connectivity index (χ2n) is 6.32. The van der Waals surface area contributed by atoms with Gasteiger partial charge in [-0.15, -0.1) is 24.0 Å². The van der Waals surface area contributed by atoms with Gasteiger partial charge in [-0.05, 0) is 37.6 Å². The molecule has 0 aromatic heterocycles. The summed E-state index contributed by atoms with van der Waals surface area (Å²) in [7, 11) is 0. The fourth-order valence-corrected chi connectivity index (χ4v) is 2.70. The molecule has 2 rings (SSSR count). The van der Waals surface area contributed by atoms with E-state index in [1.54, 1.807) is 6.08 Å². The maximum atomic E-state index is 12.0. The summed E-state index contributed by atoms with van der Waals surface area (Å²) >= 11 is 0. The van der Waals surface area contributed by atoms with Crippen LogP contribution in [0.5, 0.6) is 5.75 Å². The number of hydrogen-bond acceptors (Lipinski definition) is 3. The van der Waals surface area contributed by atoms with Crippen molar-refractivity contribution < 1.29 is 9.53 Å². The molecular weight excluding hydrogens is 491 g/mol. The third-order valence-corrected chi connectivity index (χ3v) is 4.07. The number of nitrogens with one attached hydrogen (secondary N) is 3. The van der Waals surface area contributed by atoms with E-state index in [9.17, 15) is 4.79 Å². The molecule has 162 valence electrons. The lowest BCUT2D eigenvalue weighted by Gasteiger charge is -2.14. The number of rotatable bonds is 10. The Morgan fingerprint density at radius 2 is 1.83 bits per heavy atom. The van der Waals surface area contributed by atoms with Gasteiger partial charge in [0.05, 0.1) is 6.54 Å². The molecule has 7 heteroatoms. The second kappa shape index (κ2) is 14.4. The summed E-state index contributed by atoms with van der Waals surface area (Å²) in [6.07, 6.45) is 1.73. The first kappa shape index (κ1) is 25.5. The minimum absolute atomic E-state index is 0. The number of halogens is 1. The van der Waals surface area contributed by atoms with Crippen LogP contribution in [0.4, 0.5) is 0 Å². The number of benzene rings is 2. The van der Waals surface area contributed by atoms with Crippen molar-refractivity contribution in [2.45, 2.75) is 26.9 Å². The van der Waals surface area contributed by atoms with Gasteiger partial charge in [0.15, 0.2) is 5.96 Å². The SMILES string of the molecule is C=CCOc1ccccc1CNC(=NCc1cccc(C(=O)NCC)c1)NCC.I. The summed E-state index contributed by atoms with van der Waals surface area (Å²) in [5.74, 6) is 1.46. The third-order valence-electron chi connectivity index (χ3n) is 4.07. The number of hydrogen-bond donors (Lipinski definition) is 3. The van der Waals surface area contributed by atoms with Crippen LogP contribution in [0, 0.1) is 0 Å². The zero-order chi connectivity index (χ0) is 20.9. The summed E-state index contributed by atoms with van der Waals surface area (Å²) in [4.78, 5) is 16.7. The van der Waals surface area contributed by atoms with E-state index in [0.29, 0.717) is 37.8 Å². The molecule has 0 aliphatic heterocycles. The highest BCUT2D eigenvalue weighted by Crippen LogP contribution is 2.17. The summed E-state index contributed by atoms with van der Waals surface area (Å²) < 4.78 is 5.71. The van der Waals surface area contributed by atoms with Crippen molar-refractivity contribution in [3.63, 3.8) is 0 Å². The normalized spacial score (nSPS) is 10.5. The summed E-state index contributed by atoms with van der Waals surface area (Å²) in [6, 6.07) is 15.4. The molecule has 0 unspecified atom stereocenters. The number of ether oxygens (including phenoxy) is 1. The van der Waals surface area contributed by atoms with Crippen molar-refractivity contribution in [3.8, 4) is 5.75 Å². The van der Waals surface area contributed by atoms with Crippen molar-refractivity contribution in [2.75, 3.05) is 19.7 Å². The Balaban J connectivity index is 0.00000450. The molecule has 30 heavy (non-hydrogen) atoms. The molecule has 0 fully saturated rings. The zero-order valence-corrected chi connectivity index (χ0v) is 19.9. The summed E-state index contributed by atoms with van der Waals surface area (Å²) in [5.41, 5.74) is 2.66. The molecule has 0 aliphatic carbocycles. The van der Waals surface area contributed by atoms with Crippen LogP contribution in [-0.2, 0) is 13.1 Å². The quantitative estimate of drug-likeness (QED) is 0.192. The lowest BCUT2D eigenvalue weighted by molar-refractivity contribution is 0.0955. The topological polar surface area (TPSA) is 74.8 Å². The van der Waals surface area contributed by atoms with Gasteiger partial charge in [0.25, 0.3) is 5.91 Å². The number of guanidine groups is 1. The van der Waals surface area contributed by atoms with Crippen LogP contribution >= 0.6 is 24.0 Å². The molecule has 0 atom stereocenters. The molecular formula is C23H31IN4O2. The van der Waals surface area contributed by atoms with Crippen molar-refractivity contribution in [1.82, 2.24) is 16.0 Å². The summed E-state index contributed by atoms with van der Waals surface area (Å²) in [6.45, 7) is 10.5. The van der Waals surface area contributed by atoms with E-state index in [1.165, 1.54) is 0 Å². The zero-order valence-electron chi connectivity index (χ0n) is 17.6. The van der Waals surface area contributed by atoms with Crippen LogP contribution in [0.15, 0.2) is 66.2 Å². The Labute approximate surface area is 196 Å². The largest absolute Gasteiger partial charge is 0.489 e. The fourth-order valence-electron chi connectivity index (χ4n) is 2.70. The molecule has 2 aromatic rings. The Morgan fingerprint density at radius 3 is 2.57 bits per heavy atom. The first-order valence-corrected chi connectivity index (χ1v) is 9.88. The number of amides is 1. The van der Waals surface area contributed by atoms with Crippen molar-refractivity contribution in [1.29, 1.82) is 0 Å². The van der Waals surface area contributed by atoms with E-state index < -0.39 is 0 Å². The van der Waals surface area contributed by atoms with Gasteiger partial charge >= 0.3 is 0 Å². The Kier molecular flexibility index (Phi) is 12.3. The highest BCUT2D eigenvalue weighted by Gasteiger charge is 2.06. The number of para-hydroxylation sites is 1. The standard InChI is InChI=1S/C23H30N4O2.HI/c1-4-14-29-21-13-8-7-11-20(21)17-27-23(25-6-3)26-16-18-10-9-12-19(15-18)22(28)24-5-2;/h4,7-13,15H,1,5-6,14,16-17H2,2-3H3,(H,24,28)(H2,25,26,27);1H. The molecule has 0 bridgehead atoms. The molecule has 0 saturated carbocycles. The third kappa shape index (κ3) is 8.44. The van der Waals surface area contributed by atoms with Crippen LogP contribution in [0.3, 0.4) is 0 Å². The van der Waals surface area contributed by atoms with Crippen LogP contribution in [0.1, 0.15) is 35.3 Å². The van der Waals surface area contributed by atoms with Crippen LogP contribution in [0.2, 0.25) is 0 Å². The molecule has 1 amide bonds. The van der Waals surface area contributed by atoms with Gasteiger partial charge in [0, 0.05) is 30.8 Å². The molecule has 0 radical (unpaired) electrons. The van der Waals surface area contributed by atoms with Gasteiger partial charge in [-0.1, -0.05) is 43.0 Å². The fraction of sp³-hybridized carbons (Fsp3) is 0.304. The van der Waals surface area contributed by atoms with Gasteiger partial charge in [-0.3, -0.25) is 4.79 Å². The molecule has 0 heterocycles. The van der Waals surface area contributed by atoms with Gasteiger partial charge in [0.1, 0.15) is 12.4 Å². The second-order valence-corrected chi connectivity index (χ2v) is 6.32. The van der Waals surface area contributed by atoms with E-state index in [0.717, 1.165) is 23.4 Å². The van der Waals surface area contributed by atoms with Crippen LogP contribution in [0.25, 0.3) is 0 Å². The lowest BCUT2D eigenvalue weighted by Crippen LogP contribution is -2.36. The number of aliphatic imine (C=N–C) groups is 1. The molecule has 0 spiro atoms. The average molecular weight is 522 g/mol. The molecule has 0 saturated heterocycles. The predicted molar refractivity (Wildman–Crippen MR) is 134 cm³/mol. The van der Waals surface area contributed by atoms with Gasteiger partial charge in [-0.2, -0.15) is 0 Å². The Bertz CT molecular complexity index is 839. The van der Waals surface area contributed by atoms with Crippen molar-refractivity contribution in [3.05, 3.63) is 77.9 Å². The highest BCUT2D eigenvalue weighted by molar-refractivity contribution is 14.0. The first-order valence-electron chi connectivity index (χ1n) is 9.88. The lowest BCUT2D eigenvalue weighted by atomic mass is 10.1. The van der Waals surface area contributed by atoms with Crippen LogP contribution in [-0.4, -0.2) is 31.6 Å². The van der Waals surface area contributed by atoms with Gasteiger partial charge in [-0.25, -0.2) is 4.99 Å². The van der Waals surface area contributed by atoms with Crippen molar-refractivity contribution in [2.24, 2.45) is 4.99 Å². The van der Waals surface area contributed by atoms with E-state index in [4.69, 9.17) is 4.74 Å². The number of carbonyl (C=O) groups is 1. The van der Waals surface area contributed by atoms with E-state index in [-0.39, 0.29) is 29.9 Å². The molecule has 3 N–H and O–H groups in total. The molecule has 6 nitrogen and oxygen atoms in total. The first-order chi connectivity index (χ1) is 14.2. The average Bonchev–Trinajstić information content (AvgIpc) is 2.75. The minimum Gasteiger partial charge on any atom is -0.489 e. The maximum absolute atomic E-state index is 12.0.